The maximum absolute atomic E-state index is 13.8. The van der Waals surface area contributed by atoms with Gasteiger partial charge < -0.3 is 9.73 Å². The van der Waals surface area contributed by atoms with Crippen LogP contribution < -0.4 is 5.32 Å². The third-order valence-electron chi connectivity index (χ3n) is 4.01. The van der Waals surface area contributed by atoms with Crippen molar-refractivity contribution >= 4 is 17.5 Å². The number of amides is 1. The highest BCUT2D eigenvalue weighted by Gasteiger charge is 2.14. The average Bonchev–Trinajstić information content (AvgIpc) is 3.09. The number of hydrogen-bond acceptors (Lipinski definition) is 3. The molecule has 1 unspecified atom stereocenters. The van der Waals surface area contributed by atoms with Crippen molar-refractivity contribution in [1.29, 1.82) is 0 Å². The summed E-state index contributed by atoms with van der Waals surface area (Å²) in [7, 11) is 0. The molecule has 134 valence electrons. The fourth-order valence-corrected chi connectivity index (χ4v) is 2.95. The molecule has 0 bridgehead atoms. The molecule has 3 rings (SSSR count). The van der Waals surface area contributed by atoms with E-state index < -0.39 is 0 Å². The van der Waals surface area contributed by atoms with Gasteiger partial charge in [0.2, 0.25) is 5.91 Å². The third-order valence-corrected chi connectivity index (χ3v) is 4.35. The van der Waals surface area contributed by atoms with Gasteiger partial charge in [0, 0.05) is 17.9 Å². The van der Waals surface area contributed by atoms with Gasteiger partial charge in [-0.1, -0.05) is 41.9 Å². The van der Waals surface area contributed by atoms with Crippen molar-refractivity contribution in [2.45, 2.75) is 25.8 Å². The molecule has 1 amide bonds. The molecule has 0 aliphatic carbocycles. The molecule has 0 spiro atoms. The number of nitrogens with one attached hydrogen (secondary N) is 1. The van der Waals surface area contributed by atoms with Gasteiger partial charge in [0.15, 0.2) is 11.7 Å². The Hall–Kier alpha value is -2.66. The second-order valence-corrected chi connectivity index (χ2v) is 6.32. The van der Waals surface area contributed by atoms with E-state index in [9.17, 15) is 9.18 Å². The van der Waals surface area contributed by atoms with Gasteiger partial charge in [0.1, 0.15) is 5.82 Å². The quantitative estimate of drug-likeness (QED) is 0.666. The van der Waals surface area contributed by atoms with Gasteiger partial charge in [-0.3, -0.25) is 4.79 Å². The van der Waals surface area contributed by atoms with E-state index in [1.54, 1.807) is 24.3 Å². The van der Waals surface area contributed by atoms with E-state index >= 15 is 0 Å². The first-order valence-electron chi connectivity index (χ1n) is 8.28. The van der Waals surface area contributed by atoms with E-state index in [4.69, 9.17) is 16.0 Å². The molecule has 6 heteroatoms. The maximum atomic E-state index is 13.8. The van der Waals surface area contributed by atoms with Crippen molar-refractivity contribution in [3.05, 3.63) is 77.0 Å². The van der Waals surface area contributed by atoms with Crippen LogP contribution in [0.3, 0.4) is 0 Å². The Morgan fingerprint density at radius 1 is 1.23 bits per heavy atom. The van der Waals surface area contributed by atoms with Crippen LogP contribution >= 0.6 is 11.6 Å². The summed E-state index contributed by atoms with van der Waals surface area (Å²) in [5.74, 6) is 0.233. The number of nitrogens with zero attached hydrogens (tertiary/aromatic N) is 1. The molecule has 4 nitrogen and oxygen atoms in total. The zero-order chi connectivity index (χ0) is 18.5. The van der Waals surface area contributed by atoms with E-state index in [1.807, 2.05) is 25.1 Å². The normalized spacial score (nSPS) is 12.0. The molecule has 0 aliphatic heterocycles. The van der Waals surface area contributed by atoms with E-state index in [0.29, 0.717) is 28.7 Å². The number of benzene rings is 2. The molecular formula is C20H18ClFN2O2. The van der Waals surface area contributed by atoms with Crippen LogP contribution in [0.5, 0.6) is 0 Å². The number of oxazole rings is 1. The monoisotopic (exact) mass is 372 g/mol. The number of aryl methyl sites for hydroxylation is 1. The Balaban J connectivity index is 1.57. The van der Waals surface area contributed by atoms with Crippen molar-refractivity contribution < 1.29 is 13.6 Å². The van der Waals surface area contributed by atoms with Gasteiger partial charge in [-0.05, 0) is 30.7 Å². The first kappa shape index (κ1) is 18.1. The summed E-state index contributed by atoms with van der Waals surface area (Å²) in [5, 5.41) is 3.52. The van der Waals surface area contributed by atoms with Crippen LogP contribution in [0.25, 0.3) is 11.3 Å². The molecule has 0 saturated heterocycles. The van der Waals surface area contributed by atoms with Gasteiger partial charge in [-0.25, -0.2) is 9.37 Å². The second-order valence-electron chi connectivity index (χ2n) is 5.91. The number of aromatic nitrogens is 1. The van der Waals surface area contributed by atoms with Gasteiger partial charge in [-0.15, -0.1) is 0 Å². The summed E-state index contributed by atoms with van der Waals surface area (Å²) in [6.07, 6.45) is 2.01. The summed E-state index contributed by atoms with van der Waals surface area (Å²) in [6, 6.07) is 13.5. The predicted octanol–water partition coefficient (Wildman–Crippen LogP) is 4.94. The molecule has 0 saturated carbocycles. The second kappa shape index (κ2) is 8.15. The van der Waals surface area contributed by atoms with Crippen molar-refractivity contribution in [1.82, 2.24) is 10.3 Å². The van der Waals surface area contributed by atoms with Crippen molar-refractivity contribution in [2.75, 3.05) is 0 Å². The Morgan fingerprint density at radius 2 is 1.96 bits per heavy atom. The molecule has 2 aromatic carbocycles. The standard InChI is InChI=1S/C20H18ClFN2O2/c1-13(14-6-2-4-8-16(14)21)24-19(25)10-11-20-23-12-18(26-20)15-7-3-5-9-17(15)22/h2-9,12-13H,10-11H2,1H3,(H,24,25). The molecule has 0 radical (unpaired) electrons. The molecule has 1 N–H and O–H groups in total. The van der Waals surface area contributed by atoms with E-state index in [0.717, 1.165) is 5.56 Å². The van der Waals surface area contributed by atoms with Crippen molar-refractivity contribution in [3.63, 3.8) is 0 Å². The average molecular weight is 373 g/mol. The number of carbonyl (C=O) groups is 1. The zero-order valence-corrected chi connectivity index (χ0v) is 15.0. The zero-order valence-electron chi connectivity index (χ0n) is 14.2. The largest absolute Gasteiger partial charge is 0.441 e. The highest BCUT2D eigenvalue weighted by atomic mass is 35.5. The van der Waals surface area contributed by atoms with Gasteiger partial charge in [0.05, 0.1) is 17.8 Å². The Bertz CT molecular complexity index is 910. The molecule has 26 heavy (non-hydrogen) atoms. The van der Waals surface area contributed by atoms with Crippen LogP contribution in [-0.2, 0) is 11.2 Å². The molecular weight excluding hydrogens is 355 g/mol. The summed E-state index contributed by atoms with van der Waals surface area (Å²) in [6.45, 7) is 1.88. The summed E-state index contributed by atoms with van der Waals surface area (Å²) in [5.41, 5.74) is 1.21. The van der Waals surface area contributed by atoms with Crippen LogP contribution in [0.1, 0.15) is 30.8 Å². The lowest BCUT2D eigenvalue weighted by Gasteiger charge is -2.15. The Morgan fingerprint density at radius 3 is 2.73 bits per heavy atom. The minimum Gasteiger partial charge on any atom is -0.441 e. The number of halogens is 2. The SMILES string of the molecule is CC(NC(=O)CCc1ncc(-c2ccccc2F)o1)c1ccccc1Cl. The smallest absolute Gasteiger partial charge is 0.220 e. The van der Waals surface area contributed by atoms with Crippen molar-refractivity contribution in [3.8, 4) is 11.3 Å². The van der Waals surface area contributed by atoms with E-state index in [2.05, 4.69) is 10.3 Å². The lowest BCUT2D eigenvalue weighted by molar-refractivity contribution is -0.121. The highest BCUT2D eigenvalue weighted by Crippen LogP contribution is 2.24. The lowest BCUT2D eigenvalue weighted by Crippen LogP contribution is -2.27. The maximum Gasteiger partial charge on any atom is 0.220 e. The van der Waals surface area contributed by atoms with Crippen LogP contribution in [0.15, 0.2) is 59.1 Å². The van der Waals surface area contributed by atoms with E-state index in [-0.39, 0.29) is 24.2 Å². The Kier molecular flexibility index (Phi) is 5.68. The summed E-state index contributed by atoms with van der Waals surface area (Å²) < 4.78 is 19.3. The minimum absolute atomic E-state index is 0.136. The number of hydrogen-bond donors (Lipinski definition) is 1. The topological polar surface area (TPSA) is 55.1 Å². The van der Waals surface area contributed by atoms with Crippen LogP contribution in [0.2, 0.25) is 5.02 Å². The molecule has 0 fully saturated rings. The third kappa shape index (κ3) is 4.29. The number of carbonyl (C=O) groups excluding carboxylic acids is 1. The molecule has 1 heterocycles. The Labute approximate surface area is 156 Å². The first-order chi connectivity index (χ1) is 12.5. The van der Waals surface area contributed by atoms with Gasteiger partial charge >= 0.3 is 0 Å². The van der Waals surface area contributed by atoms with E-state index in [1.165, 1.54) is 12.3 Å². The first-order valence-corrected chi connectivity index (χ1v) is 8.66. The summed E-state index contributed by atoms with van der Waals surface area (Å²) in [4.78, 5) is 16.3. The molecule has 3 aromatic rings. The summed E-state index contributed by atoms with van der Waals surface area (Å²) >= 11 is 6.14. The van der Waals surface area contributed by atoms with Gasteiger partial charge in [0.25, 0.3) is 0 Å². The van der Waals surface area contributed by atoms with Gasteiger partial charge in [-0.2, -0.15) is 0 Å². The molecule has 1 atom stereocenters. The predicted molar refractivity (Wildman–Crippen MR) is 98.2 cm³/mol. The fraction of sp³-hybridized carbons (Fsp3) is 0.200. The molecule has 1 aromatic heterocycles. The minimum atomic E-state index is -0.374. The van der Waals surface area contributed by atoms with Crippen LogP contribution in [-0.4, -0.2) is 10.9 Å². The number of rotatable bonds is 6. The molecule has 0 aliphatic rings. The fourth-order valence-electron chi connectivity index (χ4n) is 2.65. The van der Waals surface area contributed by atoms with Crippen LogP contribution in [0.4, 0.5) is 4.39 Å². The lowest BCUT2D eigenvalue weighted by atomic mass is 10.1. The van der Waals surface area contributed by atoms with Crippen molar-refractivity contribution in [2.24, 2.45) is 0 Å². The van der Waals surface area contributed by atoms with Crippen LogP contribution in [0, 0.1) is 5.82 Å². The highest BCUT2D eigenvalue weighted by molar-refractivity contribution is 6.31.